The van der Waals surface area contributed by atoms with Crippen molar-refractivity contribution in [3.05, 3.63) is 113 Å². The highest BCUT2D eigenvalue weighted by Crippen LogP contribution is 2.55. The molecule has 0 unspecified atom stereocenters. The van der Waals surface area contributed by atoms with E-state index in [1.807, 2.05) is 70.1 Å². The van der Waals surface area contributed by atoms with Crippen molar-refractivity contribution in [2.45, 2.75) is 55.9 Å². The molecule has 1 fully saturated rings. The van der Waals surface area contributed by atoms with Crippen molar-refractivity contribution in [2.75, 3.05) is 11.5 Å². The molecule has 0 aliphatic carbocycles. The first-order valence-electron chi connectivity index (χ1n) is 14.6. The number of anilines is 2. The number of ether oxygens (including phenoxy) is 4. The number of benzene rings is 3. The van der Waals surface area contributed by atoms with Crippen LogP contribution in [0.25, 0.3) is 5.69 Å². The first-order chi connectivity index (χ1) is 22.1. The van der Waals surface area contributed by atoms with Gasteiger partial charge in [0.05, 0.1) is 6.07 Å². The third-order valence-corrected chi connectivity index (χ3v) is 8.36. The second kappa shape index (κ2) is 12.5. The molecular formula is C34H32N3O8S+. The van der Waals surface area contributed by atoms with Gasteiger partial charge in [0.25, 0.3) is 0 Å². The van der Waals surface area contributed by atoms with Crippen LogP contribution in [0, 0.1) is 0 Å². The smallest absolute Gasteiger partial charge is 0.376 e. The standard InChI is InChI=1S/C34H31N3O8S/c1-21(38)42-20-27(43-22(2)39)34(24-13-7-4-8-14-24)31(44-23(3)40)30-32(45-34)36(26-17-11-6-12-18-26)33-35(25-15-9-5-10-16-25)29(46)19-28(41)37(30)33/h4-19,27,30-32H,20H2,1-3H3/p+1/t27-,30-,31-,32+,34-/m1/s1. The van der Waals surface area contributed by atoms with Crippen LogP contribution in [-0.2, 0) is 38.9 Å². The van der Waals surface area contributed by atoms with Gasteiger partial charge in [-0.3, -0.25) is 19.2 Å². The van der Waals surface area contributed by atoms with E-state index in [4.69, 9.17) is 31.6 Å². The van der Waals surface area contributed by atoms with E-state index in [0.29, 0.717) is 22.2 Å². The van der Waals surface area contributed by atoms with E-state index in [1.54, 1.807) is 30.3 Å². The Labute approximate surface area is 270 Å². The van der Waals surface area contributed by atoms with E-state index in [9.17, 15) is 19.2 Å². The topological polar surface area (TPSA) is 117 Å². The van der Waals surface area contributed by atoms with Crippen molar-refractivity contribution in [1.82, 2.24) is 4.57 Å². The lowest BCUT2D eigenvalue weighted by molar-refractivity contribution is -0.626. The summed E-state index contributed by atoms with van der Waals surface area (Å²) in [6.45, 7) is 3.31. The molecule has 0 bridgehead atoms. The van der Waals surface area contributed by atoms with Crippen molar-refractivity contribution in [3.8, 4) is 5.69 Å². The highest BCUT2D eigenvalue weighted by Gasteiger charge is 2.72. The zero-order chi connectivity index (χ0) is 32.6. The molecule has 5 atom stereocenters. The number of hydrogen-bond donors (Lipinski definition) is 1. The van der Waals surface area contributed by atoms with E-state index in [0.717, 1.165) is 5.69 Å². The Hall–Kier alpha value is -4.94. The lowest BCUT2D eigenvalue weighted by Crippen LogP contribution is -2.55. The maximum absolute atomic E-state index is 14.1. The second-order valence-electron chi connectivity index (χ2n) is 11.0. The lowest BCUT2D eigenvalue weighted by Gasteiger charge is -2.40. The van der Waals surface area contributed by atoms with Gasteiger partial charge in [-0.1, -0.05) is 66.7 Å². The number of thiol groups is 1. The molecule has 0 N–H and O–H groups in total. The first kappa shape index (κ1) is 31.1. The summed E-state index contributed by atoms with van der Waals surface area (Å²) < 4.78 is 27.8. The number of fused-ring (bicyclic) bond motifs is 3. The van der Waals surface area contributed by atoms with Crippen LogP contribution >= 0.6 is 12.6 Å². The van der Waals surface area contributed by atoms with Crippen LogP contribution in [-0.4, -0.2) is 47.5 Å². The third kappa shape index (κ3) is 5.33. The Morgan fingerprint density at radius 1 is 0.891 bits per heavy atom. The van der Waals surface area contributed by atoms with Gasteiger partial charge in [0.15, 0.2) is 23.9 Å². The molecule has 236 valence electrons. The normalized spacial score (nSPS) is 22.0. The van der Waals surface area contributed by atoms with Gasteiger partial charge < -0.3 is 18.9 Å². The molecule has 0 radical (unpaired) electrons. The molecule has 0 saturated carbocycles. The Morgan fingerprint density at radius 3 is 2.09 bits per heavy atom. The molecule has 11 nitrogen and oxygen atoms in total. The van der Waals surface area contributed by atoms with Crippen LogP contribution in [0.1, 0.15) is 32.4 Å². The molecule has 1 saturated heterocycles. The Kier molecular flexibility index (Phi) is 8.41. The molecule has 0 spiro atoms. The van der Waals surface area contributed by atoms with Crippen LogP contribution in [0.3, 0.4) is 0 Å². The predicted molar refractivity (Wildman–Crippen MR) is 168 cm³/mol. The van der Waals surface area contributed by atoms with Gasteiger partial charge in [-0.25, -0.2) is 4.90 Å². The molecule has 2 aliphatic rings. The van der Waals surface area contributed by atoms with Crippen molar-refractivity contribution in [3.63, 3.8) is 0 Å². The van der Waals surface area contributed by atoms with Gasteiger partial charge in [0, 0.05) is 20.8 Å². The van der Waals surface area contributed by atoms with Crippen molar-refractivity contribution in [1.29, 1.82) is 0 Å². The van der Waals surface area contributed by atoms with E-state index in [-0.39, 0.29) is 0 Å². The fraction of sp³-hybridized carbons (Fsp3) is 0.265. The van der Waals surface area contributed by atoms with Gasteiger partial charge >= 0.3 is 29.4 Å². The summed E-state index contributed by atoms with van der Waals surface area (Å²) in [6.07, 6.45) is -3.52. The second-order valence-corrected chi connectivity index (χ2v) is 11.4. The zero-order valence-electron chi connectivity index (χ0n) is 25.3. The summed E-state index contributed by atoms with van der Waals surface area (Å²) in [4.78, 5) is 53.5. The Balaban J connectivity index is 1.68. The molecule has 3 aromatic carbocycles. The number of nitrogens with zero attached hydrogens (tertiary/aromatic N) is 3. The van der Waals surface area contributed by atoms with Gasteiger partial charge in [-0.2, -0.15) is 9.13 Å². The molecule has 4 aromatic rings. The number of esters is 3. The number of aromatic nitrogens is 2. The molecule has 12 heteroatoms. The summed E-state index contributed by atoms with van der Waals surface area (Å²) in [5.74, 6) is -1.53. The summed E-state index contributed by atoms with van der Waals surface area (Å²) in [6, 6.07) is 28.0. The van der Waals surface area contributed by atoms with Crippen molar-refractivity contribution < 1.29 is 37.9 Å². The Morgan fingerprint density at radius 2 is 1.50 bits per heavy atom. The van der Waals surface area contributed by atoms with Crippen LogP contribution < -0.4 is 15.0 Å². The number of carbonyl (C=O) groups is 3. The molecule has 46 heavy (non-hydrogen) atoms. The summed E-state index contributed by atoms with van der Waals surface area (Å²) in [5, 5.41) is 0.370. The lowest BCUT2D eigenvalue weighted by atomic mass is 9.81. The minimum absolute atomic E-state index is 0.370. The number of para-hydroxylation sites is 2. The first-order valence-corrected chi connectivity index (χ1v) is 15.1. The number of carbonyl (C=O) groups excluding carboxylic acids is 3. The molecule has 2 aliphatic heterocycles. The molecule has 0 amide bonds. The summed E-state index contributed by atoms with van der Waals surface area (Å²) >= 11 is 4.71. The van der Waals surface area contributed by atoms with Crippen LogP contribution in [0.15, 0.2) is 107 Å². The maximum Gasteiger partial charge on any atom is 0.376 e. The minimum Gasteiger partial charge on any atom is -0.462 e. The van der Waals surface area contributed by atoms with Crippen LogP contribution in [0.4, 0.5) is 11.6 Å². The van der Waals surface area contributed by atoms with Gasteiger partial charge in [-0.05, 0) is 29.8 Å². The fourth-order valence-corrected chi connectivity index (χ4v) is 6.72. The van der Waals surface area contributed by atoms with E-state index in [1.165, 1.54) is 31.4 Å². The van der Waals surface area contributed by atoms with Crippen LogP contribution in [0.2, 0.25) is 0 Å². The fourth-order valence-electron chi connectivity index (χ4n) is 6.41. The quantitative estimate of drug-likeness (QED) is 0.101. The molecule has 6 rings (SSSR count). The van der Waals surface area contributed by atoms with Gasteiger partial charge in [-0.15, -0.1) is 12.6 Å². The predicted octanol–water partition coefficient (Wildman–Crippen LogP) is 3.78. The van der Waals surface area contributed by atoms with Gasteiger partial charge in [0.1, 0.15) is 23.0 Å². The van der Waals surface area contributed by atoms with E-state index >= 15 is 0 Å². The van der Waals surface area contributed by atoms with E-state index in [2.05, 4.69) is 0 Å². The highest BCUT2D eigenvalue weighted by atomic mass is 32.1. The van der Waals surface area contributed by atoms with Crippen molar-refractivity contribution >= 4 is 42.2 Å². The maximum atomic E-state index is 14.1. The number of rotatable bonds is 8. The molecular weight excluding hydrogens is 610 g/mol. The SMILES string of the molecule is CC(=O)OC[C@@H](OC(C)=O)[C@@]1(c2ccccc2)O[C@H]2[C@@H]([C@H]1OC(C)=O)n1c([n+](-c3ccccc3)c(S)cc1=O)N2c1ccccc1. The summed E-state index contributed by atoms with van der Waals surface area (Å²) in [5.41, 5.74) is -0.276. The molecule has 3 heterocycles. The highest BCUT2D eigenvalue weighted by molar-refractivity contribution is 7.80. The average Bonchev–Trinajstić information content (AvgIpc) is 3.52. The molecule has 1 aromatic heterocycles. The van der Waals surface area contributed by atoms with Gasteiger partial charge in [0.2, 0.25) is 6.23 Å². The largest absolute Gasteiger partial charge is 0.462 e. The monoisotopic (exact) mass is 642 g/mol. The van der Waals surface area contributed by atoms with E-state index < -0.39 is 60.2 Å². The summed E-state index contributed by atoms with van der Waals surface area (Å²) in [7, 11) is 0. The Bertz CT molecular complexity index is 1840. The van der Waals surface area contributed by atoms with Crippen LogP contribution in [0.5, 0.6) is 0 Å². The third-order valence-electron chi connectivity index (χ3n) is 8.03. The zero-order valence-corrected chi connectivity index (χ0v) is 26.2. The van der Waals surface area contributed by atoms with Crippen molar-refractivity contribution in [2.24, 2.45) is 0 Å². The minimum atomic E-state index is -1.73. The average molecular weight is 643 g/mol. The number of hydrogen-bond acceptors (Lipinski definition) is 10.